The summed E-state index contributed by atoms with van der Waals surface area (Å²) < 4.78 is 2.69. The molecular weight excluding hydrogens is 306 g/mol. The van der Waals surface area contributed by atoms with E-state index in [2.05, 4.69) is 62.6 Å². The van der Waals surface area contributed by atoms with Crippen LogP contribution in [0.5, 0.6) is 0 Å². The normalized spacial score (nSPS) is 42.0. The van der Waals surface area contributed by atoms with Gasteiger partial charge in [-0.3, -0.25) is 0 Å². The molecule has 25 heavy (non-hydrogen) atoms. The lowest BCUT2D eigenvalue weighted by Crippen LogP contribution is -2.59. The van der Waals surface area contributed by atoms with Gasteiger partial charge in [-0.1, -0.05) is 39.0 Å². The molecule has 2 nitrogen and oxygen atoms in total. The standard InChI is InChI=1S/C23H31NO/c1-21(2)18-9-12-23(4)19(22(18,3)11-10-20(21)25)14-16-13-15-7-5-6-8-17(15)24(16)23/h5-8,13,18-20,25H,9-12,14H2,1-4H3. The van der Waals surface area contributed by atoms with Crippen molar-refractivity contribution in [2.75, 3.05) is 0 Å². The molecule has 1 N–H and O–H groups in total. The fourth-order valence-electron chi connectivity index (χ4n) is 7.41. The van der Waals surface area contributed by atoms with E-state index in [-0.39, 0.29) is 17.1 Å². The lowest BCUT2D eigenvalue weighted by Gasteiger charge is -2.62. The van der Waals surface area contributed by atoms with Gasteiger partial charge in [-0.15, -0.1) is 0 Å². The van der Waals surface area contributed by atoms with E-state index in [1.807, 2.05) is 0 Å². The lowest BCUT2D eigenvalue weighted by atomic mass is 9.44. The van der Waals surface area contributed by atoms with Crippen molar-refractivity contribution >= 4 is 10.9 Å². The first-order valence-corrected chi connectivity index (χ1v) is 10.1. The molecule has 3 aliphatic rings. The number of rotatable bonds is 0. The zero-order chi connectivity index (χ0) is 17.6. The van der Waals surface area contributed by atoms with E-state index < -0.39 is 0 Å². The van der Waals surface area contributed by atoms with Gasteiger partial charge in [0.2, 0.25) is 0 Å². The van der Waals surface area contributed by atoms with Crippen molar-refractivity contribution in [1.82, 2.24) is 4.57 Å². The average Bonchev–Trinajstić information content (AvgIpc) is 3.07. The predicted molar refractivity (Wildman–Crippen MR) is 103 cm³/mol. The highest BCUT2D eigenvalue weighted by molar-refractivity contribution is 5.82. The maximum Gasteiger partial charge on any atom is 0.0594 e. The molecule has 0 bridgehead atoms. The van der Waals surface area contributed by atoms with Gasteiger partial charge >= 0.3 is 0 Å². The monoisotopic (exact) mass is 337 g/mol. The number of hydrogen-bond donors (Lipinski definition) is 1. The first kappa shape index (κ1) is 15.9. The zero-order valence-corrected chi connectivity index (χ0v) is 16.0. The topological polar surface area (TPSA) is 25.2 Å². The molecule has 0 radical (unpaired) electrons. The second-order valence-electron chi connectivity index (χ2n) is 10.1. The van der Waals surface area contributed by atoms with Gasteiger partial charge < -0.3 is 9.67 Å². The van der Waals surface area contributed by atoms with Crippen LogP contribution in [0.1, 0.15) is 59.1 Å². The van der Waals surface area contributed by atoms with Crippen LogP contribution in [0.15, 0.2) is 30.3 Å². The van der Waals surface area contributed by atoms with Gasteiger partial charge in [0.25, 0.3) is 0 Å². The quantitative estimate of drug-likeness (QED) is 0.708. The Morgan fingerprint density at radius 3 is 2.56 bits per heavy atom. The van der Waals surface area contributed by atoms with Gasteiger partial charge in [-0.25, -0.2) is 0 Å². The van der Waals surface area contributed by atoms with Crippen LogP contribution >= 0.6 is 0 Å². The second kappa shape index (κ2) is 4.71. The smallest absolute Gasteiger partial charge is 0.0594 e. The van der Waals surface area contributed by atoms with Gasteiger partial charge in [0.05, 0.1) is 6.10 Å². The third kappa shape index (κ3) is 1.79. The molecule has 1 aromatic carbocycles. The molecule has 2 aromatic rings. The minimum absolute atomic E-state index is 0.0354. The predicted octanol–water partition coefficient (Wildman–Crippen LogP) is 5.13. The lowest BCUT2D eigenvalue weighted by molar-refractivity contribution is -0.158. The number of fused-ring (bicyclic) bond motifs is 7. The van der Waals surface area contributed by atoms with Gasteiger partial charge in [-0.2, -0.15) is 0 Å². The molecular formula is C23H31NO. The number of para-hydroxylation sites is 1. The van der Waals surface area contributed by atoms with E-state index in [0.29, 0.717) is 17.3 Å². The Bertz CT molecular complexity index is 849. The van der Waals surface area contributed by atoms with Gasteiger partial charge in [0.1, 0.15) is 0 Å². The number of hydrogen-bond acceptors (Lipinski definition) is 1. The van der Waals surface area contributed by atoms with Crippen molar-refractivity contribution in [3.8, 4) is 0 Å². The summed E-state index contributed by atoms with van der Waals surface area (Å²) in [5, 5.41) is 12.1. The maximum atomic E-state index is 10.7. The van der Waals surface area contributed by atoms with Crippen molar-refractivity contribution in [1.29, 1.82) is 0 Å². The second-order valence-corrected chi connectivity index (χ2v) is 10.1. The van der Waals surface area contributed by atoms with Crippen molar-refractivity contribution in [3.63, 3.8) is 0 Å². The SMILES string of the molecule is CC1(C)C(O)CCC2(C)C1CCC1(C)C2Cc2cc3ccccc3n21. The highest BCUT2D eigenvalue weighted by Gasteiger charge is 2.62. The number of aliphatic hydroxyl groups excluding tert-OH is 1. The van der Waals surface area contributed by atoms with Crippen molar-refractivity contribution in [2.24, 2.45) is 22.7 Å². The molecule has 2 heteroatoms. The van der Waals surface area contributed by atoms with E-state index in [9.17, 15) is 5.11 Å². The fraction of sp³-hybridized carbons (Fsp3) is 0.652. The third-order valence-electron chi connectivity index (χ3n) is 8.71. The minimum Gasteiger partial charge on any atom is -0.393 e. The van der Waals surface area contributed by atoms with Gasteiger partial charge in [0, 0.05) is 16.7 Å². The van der Waals surface area contributed by atoms with Crippen LogP contribution in [0.2, 0.25) is 0 Å². The number of benzene rings is 1. The summed E-state index contributed by atoms with van der Waals surface area (Å²) in [6.45, 7) is 9.68. The molecule has 5 atom stereocenters. The van der Waals surface area contributed by atoms with Crippen LogP contribution in [-0.4, -0.2) is 15.8 Å². The van der Waals surface area contributed by atoms with E-state index in [0.717, 1.165) is 6.42 Å². The first-order valence-electron chi connectivity index (χ1n) is 10.1. The summed E-state index contributed by atoms with van der Waals surface area (Å²) in [5.74, 6) is 1.31. The third-order valence-corrected chi connectivity index (χ3v) is 8.71. The first-order chi connectivity index (χ1) is 11.8. The van der Waals surface area contributed by atoms with Gasteiger partial charge in [0.15, 0.2) is 0 Å². The average molecular weight is 338 g/mol. The molecule has 1 aliphatic heterocycles. The highest BCUT2D eigenvalue weighted by atomic mass is 16.3. The Hall–Kier alpha value is -1.28. The number of aromatic nitrogens is 1. The number of nitrogens with zero attached hydrogens (tertiary/aromatic N) is 1. The van der Waals surface area contributed by atoms with Crippen LogP contribution in [0.25, 0.3) is 10.9 Å². The summed E-state index contributed by atoms with van der Waals surface area (Å²) in [7, 11) is 0. The molecule has 134 valence electrons. The Morgan fingerprint density at radius 1 is 1.00 bits per heavy atom. The van der Waals surface area contributed by atoms with Gasteiger partial charge in [-0.05, 0) is 79.2 Å². The zero-order valence-electron chi connectivity index (χ0n) is 16.0. The summed E-state index contributed by atoms with van der Waals surface area (Å²) in [6.07, 6.45) is 5.66. The Balaban J connectivity index is 1.65. The van der Waals surface area contributed by atoms with Crippen LogP contribution in [0, 0.1) is 22.7 Å². The molecule has 2 heterocycles. The van der Waals surface area contributed by atoms with Crippen LogP contribution in [0.4, 0.5) is 0 Å². The molecule has 2 saturated carbocycles. The minimum atomic E-state index is -0.143. The van der Waals surface area contributed by atoms with Crippen LogP contribution in [0.3, 0.4) is 0 Å². The molecule has 2 fully saturated rings. The molecule has 5 rings (SSSR count). The highest BCUT2D eigenvalue weighted by Crippen LogP contribution is 2.66. The maximum absolute atomic E-state index is 10.7. The van der Waals surface area contributed by atoms with E-state index in [1.54, 1.807) is 0 Å². The van der Waals surface area contributed by atoms with Crippen molar-refractivity contribution in [2.45, 2.75) is 71.4 Å². The summed E-state index contributed by atoms with van der Waals surface area (Å²) in [4.78, 5) is 0. The summed E-state index contributed by atoms with van der Waals surface area (Å²) in [5.41, 5.74) is 3.53. The fourth-order valence-corrected chi connectivity index (χ4v) is 7.41. The molecule has 0 spiro atoms. The summed E-state index contributed by atoms with van der Waals surface area (Å²) >= 11 is 0. The van der Waals surface area contributed by atoms with Crippen LogP contribution in [-0.2, 0) is 12.0 Å². The number of aliphatic hydroxyl groups is 1. The van der Waals surface area contributed by atoms with Crippen molar-refractivity contribution in [3.05, 3.63) is 36.0 Å². The Labute approximate surface area is 151 Å². The summed E-state index contributed by atoms with van der Waals surface area (Å²) in [6, 6.07) is 11.3. The van der Waals surface area contributed by atoms with Crippen LogP contribution < -0.4 is 0 Å². The van der Waals surface area contributed by atoms with E-state index in [4.69, 9.17) is 0 Å². The molecule has 0 saturated heterocycles. The molecule has 0 amide bonds. The Kier molecular flexibility index (Phi) is 3.00. The Morgan fingerprint density at radius 2 is 1.76 bits per heavy atom. The van der Waals surface area contributed by atoms with E-state index in [1.165, 1.54) is 42.3 Å². The molecule has 2 aliphatic carbocycles. The molecule has 1 aromatic heterocycles. The van der Waals surface area contributed by atoms with E-state index >= 15 is 0 Å². The van der Waals surface area contributed by atoms with Crippen molar-refractivity contribution < 1.29 is 5.11 Å². The largest absolute Gasteiger partial charge is 0.393 e. The molecule has 5 unspecified atom stereocenters.